The first kappa shape index (κ1) is 17.8. The van der Waals surface area contributed by atoms with E-state index in [1.165, 1.54) is 0 Å². The Kier molecular flexibility index (Phi) is 4.99. The molecule has 0 bridgehead atoms. The van der Waals surface area contributed by atoms with Crippen LogP contribution in [0.3, 0.4) is 0 Å². The first-order valence-corrected chi connectivity index (χ1v) is 9.74. The number of furan rings is 1. The summed E-state index contributed by atoms with van der Waals surface area (Å²) in [6, 6.07) is 17.1. The molecular formula is C21H19BrN2O3. The second-order valence-electron chi connectivity index (χ2n) is 6.57. The van der Waals surface area contributed by atoms with Crippen molar-refractivity contribution >= 4 is 38.5 Å². The summed E-state index contributed by atoms with van der Waals surface area (Å²) in [6.45, 7) is 2.24. The van der Waals surface area contributed by atoms with Gasteiger partial charge in [-0.2, -0.15) is 0 Å². The standard InChI is InChI=1S/C21H19BrN2O3/c22-19-10-9-18(27-19)21(26)24-12-4-11-23(13-14-24)20(25)17-8-3-6-15-5-1-2-7-16(15)17/h1-3,5-10H,4,11-14H2. The minimum atomic E-state index is -0.139. The van der Waals surface area contributed by atoms with Gasteiger partial charge in [0.15, 0.2) is 10.4 Å². The minimum Gasteiger partial charge on any atom is -0.444 e. The number of carbonyl (C=O) groups excluding carboxylic acids is 2. The number of hydrogen-bond donors (Lipinski definition) is 0. The highest BCUT2D eigenvalue weighted by Gasteiger charge is 2.25. The number of carbonyl (C=O) groups is 2. The molecule has 2 amide bonds. The Bertz CT molecular complexity index is 993. The fraction of sp³-hybridized carbons (Fsp3) is 0.238. The van der Waals surface area contributed by atoms with E-state index in [4.69, 9.17) is 4.42 Å². The molecule has 0 N–H and O–H groups in total. The van der Waals surface area contributed by atoms with Crippen molar-refractivity contribution in [1.29, 1.82) is 0 Å². The molecule has 1 aromatic heterocycles. The van der Waals surface area contributed by atoms with Crippen LogP contribution in [-0.2, 0) is 0 Å². The van der Waals surface area contributed by atoms with Gasteiger partial charge >= 0.3 is 0 Å². The van der Waals surface area contributed by atoms with E-state index in [9.17, 15) is 9.59 Å². The Hall–Kier alpha value is -2.60. The van der Waals surface area contributed by atoms with Crippen molar-refractivity contribution in [2.45, 2.75) is 6.42 Å². The molecule has 6 heteroatoms. The number of hydrogen-bond acceptors (Lipinski definition) is 3. The first-order valence-electron chi connectivity index (χ1n) is 8.95. The van der Waals surface area contributed by atoms with Gasteiger partial charge in [0.1, 0.15) is 0 Å². The van der Waals surface area contributed by atoms with E-state index in [0.717, 1.165) is 17.2 Å². The van der Waals surface area contributed by atoms with Crippen LogP contribution in [-0.4, -0.2) is 47.8 Å². The Morgan fingerprint density at radius 2 is 1.52 bits per heavy atom. The Morgan fingerprint density at radius 1 is 0.815 bits per heavy atom. The Morgan fingerprint density at radius 3 is 2.26 bits per heavy atom. The lowest BCUT2D eigenvalue weighted by Crippen LogP contribution is -2.37. The Balaban J connectivity index is 1.51. The molecule has 0 saturated carbocycles. The average molecular weight is 427 g/mol. The van der Waals surface area contributed by atoms with E-state index in [0.29, 0.717) is 42.2 Å². The van der Waals surface area contributed by atoms with Crippen LogP contribution < -0.4 is 0 Å². The van der Waals surface area contributed by atoms with Crippen LogP contribution in [0.5, 0.6) is 0 Å². The smallest absolute Gasteiger partial charge is 0.289 e. The molecule has 0 unspecified atom stereocenters. The number of amides is 2. The number of rotatable bonds is 2. The molecule has 27 heavy (non-hydrogen) atoms. The van der Waals surface area contributed by atoms with Crippen LogP contribution >= 0.6 is 15.9 Å². The summed E-state index contributed by atoms with van der Waals surface area (Å²) in [4.78, 5) is 29.3. The highest BCUT2D eigenvalue weighted by Crippen LogP contribution is 2.21. The SMILES string of the molecule is O=C(c1ccc(Br)o1)N1CCCN(C(=O)c2cccc3ccccc23)CC1. The predicted octanol–water partition coefficient (Wildman–Crippen LogP) is 4.18. The van der Waals surface area contributed by atoms with Gasteiger partial charge in [0.05, 0.1) is 0 Å². The van der Waals surface area contributed by atoms with Crippen LogP contribution in [0.25, 0.3) is 10.8 Å². The summed E-state index contributed by atoms with van der Waals surface area (Å²) in [7, 11) is 0. The van der Waals surface area contributed by atoms with Crippen molar-refractivity contribution in [3.05, 3.63) is 70.6 Å². The Labute approximate surface area is 165 Å². The van der Waals surface area contributed by atoms with E-state index >= 15 is 0 Å². The molecule has 2 heterocycles. The van der Waals surface area contributed by atoms with Crippen molar-refractivity contribution < 1.29 is 14.0 Å². The fourth-order valence-corrected chi connectivity index (χ4v) is 3.80. The van der Waals surface area contributed by atoms with Gasteiger partial charge in [-0.05, 0) is 51.3 Å². The topological polar surface area (TPSA) is 53.8 Å². The lowest BCUT2D eigenvalue weighted by Gasteiger charge is -2.22. The second kappa shape index (κ2) is 7.56. The molecule has 5 nitrogen and oxygen atoms in total. The molecular weight excluding hydrogens is 408 g/mol. The van der Waals surface area contributed by atoms with E-state index in [-0.39, 0.29) is 11.8 Å². The summed E-state index contributed by atoms with van der Waals surface area (Å²) in [5.41, 5.74) is 0.711. The van der Waals surface area contributed by atoms with E-state index in [1.54, 1.807) is 17.0 Å². The van der Waals surface area contributed by atoms with Gasteiger partial charge in [-0.25, -0.2) is 0 Å². The van der Waals surface area contributed by atoms with Gasteiger partial charge < -0.3 is 14.2 Å². The molecule has 1 aliphatic heterocycles. The summed E-state index contributed by atoms with van der Waals surface area (Å²) in [5, 5.41) is 2.01. The lowest BCUT2D eigenvalue weighted by atomic mass is 10.0. The highest BCUT2D eigenvalue weighted by atomic mass is 79.9. The molecule has 1 fully saturated rings. The third-order valence-electron chi connectivity index (χ3n) is 4.87. The third-order valence-corrected chi connectivity index (χ3v) is 5.30. The maximum Gasteiger partial charge on any atom is 0.289 e. The number of fused-ring (bicyclic) bond motifs is 1. The number of benzene rings is 2. The van der Waals surface area contributed by atoms with E-state index in [2.05, 4.69) is 15.9 Å². The van der Waals surface area contributed by atoms with Gasteiger partial charge in [0.2, 0.25) is 0 Å². The van der Waals surface area contributed by atoms with Crippen molar-refractivity contribution in [3.63, 3.8) is 0 Å². The zero-order chi connectivity index (χ0) is 18.8. The van der Waals surface area contributed by atoms with Crippen molar-refractivity contribution in [1.82, 2.24) is 9.80 Å². The first-order chi connectivity index (χ1) is 13.1. The van der Waals surface area contributed by atoms with Crippen LogP contribution in [0.15, 0.2) is 63.7 Å². The molecule has 0 atom stereocenters. The molecule has 0 spiro atoms. The summed E-state index contributed by atoms with van der Waals surface area (Å²) >= 11 is 3.22. The molecule has 0 aliphatic carbocycles. The van der Waals surface area contributed by atoms with Crippen molar-refractivity contribution in [2.75, 3.05) is 26.2 Å². The van der Waals surface area contributed by atoms with Gasteiger partial charge in [0, 0.05) is 31.7 Å². The average Bonchev–Trinajstić information content (AvgIpc) is 2.98. The molecule has 2 aromatic carbocycles. The highest BCUT2D eigenvalue weighted by molar-refractivity contribution is 9.10. The van der Waals surface area contributed by atoms with Crippen molar-refractivity contribution in [2.24, 2.45) is 0 Å². The molecule has 1 aliphatic rings. The van der Waals surface area contributed by atoms with Crippen LogP contribution in [0.2, 0.25) is 0 Å². The van der Waals surface area contributed by atoms with E-state index < -0.39 is 0 Å². The second-order valence-corrected chi connectivity index (χ2v) is 7.35. The van der Waals surface area contributed by atoms with Crippen LogP contribution in [0.1, 0.15) is 27.3 Å². The minimum absolute atomic E-state index is 0.0156. The molecule has 0 radical (unpaired) electrons. The van der Waals surface area contributed by atoms with Crippen LogP contribution in [0, 0.1) is 0 Å². The maximum absolute atomic E-state index is 13.1. The zero-order valence-electron chi connectivity index (χ0n) is 14.7. The normalized spacial score (nSPS) is 15.0. The third kappa shape index (κ3) is 3.62. The van der Waals surface area contributed by atoms with Gasteiger partial charge in [-0.1, -0.05) is 36.4 Å². The molecule has 1 saturated heterocycles. The van der Waals surface area contributed by atoms with Gasteiger partial charge in [-0.3, -0.25) is 9.59 Å². The zero-order valence-corrected chi connectivity index (χ0v) is 16.3. The largest absolute Gasteiger partial charge is 0.444 e. The van der Waals surface area contributed by atoms with Crippen molar-refractivity contribution in [3.8, 4) is 0 Å². The number of halogens is 1. The van der Waals surface area contributed by atoms with Gasteiger partial charge in [-0.15, -0.1) is 0 Å². The van der Waals surface area contributed by atoms with E-state index in [1.807, 2.05) is 47.4 Å². The summed E-state index contributed by atoms with van der Waals surface area (Å²) < 4.78 is 5.91. The molecule has 3 aromatic rings. The monoisotopic (exact) mass is 426 g/mol. The fourth-order valence-electron chi connectivity index (χ4n) is 3.49. The summed E-state index contributed by atoms with van der Waals surface area (Å²) in [5.74, 6) is 0.192. The van der Waals surface area contributed by atoms with Gasteiger partial charge in [0.25, 0.3) is 11.8 Å². The maximum atomic E-state index is 13.1. The van der Waals surface area contributed by atoms with Crippen LogP contribution in [0.4, 0.5) is 0 Å². The predicted molar refractivity (Wildman–Crippen MR) is 107 cm³/mol. The molecule has 4 rings (SSSR count). The molecule has 138 valence electrons. The number of nitrogens with zero attached hydrogens (tertiary/aromatic N) is 2. The quantitative estimate of drug-likeness (QED) is 0.617. The lowest BCUT2D eigenvalue weighted by molar-refractivity contribution is 0.0700. The summed E-state index contributed by atoms with van der Waals surface area (Å²) in [6.07, 6.45) is 0.740.